The SMILES string of the molecule is CCCCN(CCCC)C(=O)CCC1CCCC1. The lowest BCUT2D eigenvalue weighted by Crippen LogP contribution is -2.33. The van der Waals surface area contributed by atoms with Crippen LogP contribution in [0.4, 0.5) is 0 Å². The molecule has 0 unspecified atom stereocenters. The first-order valence-electron chi connectivity index (χ1n) is 8.05. The quantitative estimate of drug-likeness (QED) is 0.597. The molecular weight excluding hydrogens is 222 g/mol. The van der Waals surface area contributed by atoms with Gasteiger partial charge >= 0.3 is 0 Å². The second-order valence-corrected chi connectivity index (χ2v) is 5.78. The first-order chi connectivity index (χ1) is 8.77. The molecule has 2 heteroatoms. The van der Waals surface area contributed by atoms with Gasteiger partial charge in [-0.25, -0.2) is 0 Å². The van der Waals surface area contributed by atoms with E-state index in [1.165, 1.54) is 38.5 Å². The average Bonchev–Trinajstić information content (AvgIpc) is 2.89. The molecule has 0 heterocycles. The van der Waals surface area contributed by atoms with Crippen molar-refractivity contribution < 1.29 is 4.79 Å². The van der Waals surface area contributed by atoms with Crippen LogP contribution in [-0.2, 0) is 4.79 Å². The van der Waals surface area contributed by atoms with Crippen molar-refractivity contribution in [2.45, 2.75) is 78.1 Å². The van der Waals surface area contributed by atoms with Gasteiger partial charge < -0.3 is 4.90 Å². The van der Waals surface area contributed by atoms with E-state index in [0.717, 1.165) is 44.7 Å². The number of rotatable bonds is 9. The first kappa shape index (κ1) is 15.5. The van der Waals surface area contributed by atoms with E-state index in [4.69, 9.17) is 0 Å². The summed E-state index contributed by atoms with van der Waals surface area (Å²) in [5.74, 6) is 1.25. The molecular formula is C16H31NO. The molecule has 18 heavy (non-hydrogen) atoms. The number of hydrogen-bond acceptors (Lipinski definition) is 1. The fraction of sp³-hybridized carbons (Fsp3) is 0.938. The highest BCUT2D eigenvalue weighted by Gasteiger charge is 2.18. The van der Waals surface area contributed by atoms with Gasteiger partial charge in [-0.2, -0.15) is 0 Å². The van der Waals surface area contributed by atoms with Crippen LogP contribution in [0.2, 0.25) is 0 Å². The molecule has 1 aliphatic carbocycles. The minimum Gasteiger partial charge on any atom is -0.343 e. The largest absolute Gasteiger partial charge is 0.343 e. The summed E-state index contributed by atoms with van der Waals surface area (Å²) in [5, 5.41) is 0. The third-order valence-electron chi connectivity index (χ3n) is 4.16. The highest BCUT2D eigenvalue weighted by atomic mass is 16.2. The molecule has 0 atom stereocenters. The summed E-state index contributed by atoms with van der Waals surface area (Å²) in [7, 11) is 0. The molecule has 1 aliphatic rings. The lowest BCUT2D eigenvalue weighted by atomic mass is 10.0. The second-order valence-electron chi connectivity index (χ2n) is 5.78. The van der Waals surface area contributed by atoms with Gasteiger partial charge in [-0.3, -0.25) is 4.79 Å². The number of carbonyl (C=O) groups excluding carboxylic acids is 1. The highest BCUT2D eigenvalue weighted by molar-refractivity contribution is 5.76. The van der Waals surface area contributed by atoms with Crippen molar-refractivity contribution in [2.24, 2.45) is 5.92 Å². The van der Waals surface area contributed by atoms with Gasteiger partial charge in [0.25, 0.3) is 0 Å². The maximum atomic E-state index is 12.2. The molecule has 0 radical (unpaired) electrons. The third kappa shape index (κ3) is 5.88. The van der Waals surface area contributed by atoms with E-state index in [0.29, 0.717) is 5.91 Å². The number of hydrogen-bond donors (Lipinski definition) is 0. The van der Waals surface area contributed by atoms with Crippen molar-refractivity contribution in [3.05, 3.63) is 0 Å². The molecule has 2 nitrogen and oxygen atoms in total. The molecule has 0 N–H and O–H groups in total. The topological polar surface area (TPSA) is 20.3 Å². The van der Waals surface area contributed by atoms with Gasteiger partial charge in [0.2, 0.25) is 5.91 Å². The van der Waals surface area contributed by atoms with Gasteiger partial charge in [0, 0.05) is 19.5 Å². The summed E-state index contributed by atoms with van der Waals surface area (Å²) in [4.78, 5) is 14.4. The molecule has 0 saturated heterocycles. The normalized spacial score (nSPS) is 16.1. The molecule has 1 amide bonds. The molecule has 0 aromatic carbocycles. The fourth-order valence-corrected chi connectivity index (χ4v) is 2.84. The zero-order valence-corrected chi connectivity index (χ0v) is 12.4. The Morgan fingerprint density at radius 3 is 2.11 bits per heavy atom. The van der Waals surface area contributed by atoms with Crippen LogP contribution in [0.1, 0.15) is 78.1 Å². The van der Waals surface area contributed by atoms with Crippen LogP contribution in [0.5, 0.6) is 0 Å². The van der Waals surface area contributed by atoms with Crippen molar-refractivity contribution in [3.63, 3.8) is 0 Å². The molecule has 106 valence electrons. The molecule has 0 bridgehead atoms. The molecule has 1 saturated carbocycles. The monoisotopic (exact) mass is 253 g/mol. The summed E-state index contributed by atoms with van der Waals surface area (Å²) in [6.45, 7) is 6.34. The Bertz CT molecular complexity index is 213. The summed E-state index contributed by atoms with van der Waals surface area (Å²) < 4.78 is 0. The van der Waals surface area contributed by atoms with Crippen LogP contribution in [0.25, 0.3) is 0 Å². The zero-order chi connectivity index (χ0) is 13.2. The first-order valence-corrected chi connectivity index (χ1v) is 8.05. The van der Waals surface area contributed by atoms with E-state index in [-0.39, 0.29) is 0 Å². The van der Waals surface area contributed by atoms with Crippen molar-refractivity contribution in [1.29, 1.82) is 0 Å². The van der Waals surface area contributed by atoms with E-state index < -0.39 is 0 Å². The highest BCUT2D eigenvalue weighted by Crippen LogP contribution is 2.28. The Balaban J connectivity index is 2.27. The van der Waals surface area contributed by atoms with Crippen molar-refractivity contribution in [3.8, 4) is 0 Å². The maximum absolute atomic E-state index is 12.2. The standard InChI is InChI=1S/C16H31NO/c1-3-5-13-17(14-6-4-2)16(18)12-11-15-9-7-8-10-15/h15H,3-14H2,1-2H3. The van der Waals surface area contributed by atoms with Crippen molar-refractivity contribution in [1.82, 2.24) is 4.90 Å². The van der Waals surface area contributed by atoms with E-state index in [1.807, 2.05) is 0 Å². The summed E-state index contributed by atoms with van der Waals surface area (Å²) in [6, 6.07) is 0. The zero-order valence-electron chi connectivity index (χ0n) is 12.4. The lowest BCUT2D eigenvalue weighted by Gasteiger charge is -2.23. The summed E-state index contributed by atoms with van der Waals surface area (Å²) in [5.41, 5.74) is 0. The van der Waals surface area contributed by atoms with E-state index >= 15 is 0 Å². The van der Waals surface area contributed by atoms with Gasteiger partial charge in [-0.05, 0) is 25.2 Å². The fourth-order valence-electron chi connectivity index (χ4n) is 2.84. The lowest BCUT2D eigenvalue weighted by molar-refractivity contribution is -0.131. The van der Waals surface area contributed by atoms with Crippen LogP contribution in [-0.4, -0.2) is 23.9 Å². The number of unbranched alkanes of at least 4 members (excludes halogenated alkanes) is 2. The third-order valence-corrected chi connectivity index (χ3v) is 4.16. The van der Waals surface area contributed by atoms with Crippen LogP contribution in [0.15, 0.2) is 0 Å². The van der Waals surface area contributed by atoms with Gasteiger partial charge in [0.15, 0.2) is 0 Å². The minimum absolute atomic E-state index is 0.406. The molecule has 1 rings (SSSR count). The molecule has 1 fully saturated rings. The summed E-state index contributed by atoms with van der Waals surface area (Å²) >= 11 is 0. The smallest absolute Gasteiger partial charge is 0.222 e. The average molecular weight is 253 g/mol. The van der Waals surface area contributed by atoms with Crippen molar-refractivity contribution >= 4 is 5.91 Å². The Morgan fingerprint density at radius 2 is 1.61 bits per heavy atom. The van der Waals surface area contributed by atoms with Crippen LogP contribution in [0, 0.1) is 5.92 Å². The predicted octanol–water partition coefficient (Wildman–Crippen LogP) is 4.39. The second kappa shape index (κ2) is 9.41. The van der Waals surface area contributed by atoms with Crippen LogP contribution >= 0.6 is 0 Å². The number of amides is 1. The Hall–Kier alpha value is -0.530. The van der Waals surface area contributed by atoms with Gasteiger partial charge in [0.1, 0.15) is 0 Å². The Morgan fingerprint density at radius 1 is 1.06 bits per heavy atom. The Labute approximate surface area is 113 Å². The predicted molar refractivity (Wildman–Crippen MR) is 77.6 cm³/mol. The van der Waals surface area contributed by atoms with Crippen molar-refractivity contribution in [2.75, 3.05) is 13.1 Å². The van der Waals surface area contributed by atoms with Crippen LogP contribution in [0.3, 0.4) is 0 Å². The van der Waals surface area contributed by atoms with E-state index in [9.17, 15) is 4.79 Å². The van der Waals surface area contributed by atoms with E-state index in [2.05, 4.69) is 18.7 Å². The Kier molecular flexibility index (Phi) is 8.11. The minimum atomic E-state index is 0.406. The molecule has 0 aromatic heterocycles. The van der Waals surface area contributed by atoms with E-state index in [1.54, 1.807) is 0 Å². The molecule has 0 aliphatic heterocycles. The number of nitrogens with zero attached hydrogens (tertiary/aromatic N) is 1. The molecule has 0 spiro atoms. The van der Waals surface area contributed by atoms with Gasteiger partial charge in [0.05, 0.1) is 0 Å². The van der Waals surface area contributed by atoms with Gasteiger partial charge in [-0.1, -0.05) is 52.4 Å². The number of carbonyl (C=O) groups is 1. The molecule has 0 aromatic rings. The summed E-state index contributed by atoms with van der Waals surface area (Å²) in [6.07, 6.45) is 12.1. The maximum Gasteiger partial charge on any atom is 0.222 e. The van der Waals surface area contributed by atoms with Crippen LogP contribution < -0.4 is 0 Å². The van der Waals surface area contributed by atoms with Gasteiger partial charge in [-0.15, -0.1) is 0 Å².